The monoisotopic (exact) mass is 433 g/mol. The van der Waals surface area contributed by atoms with Crippen LogP contribution in [0.5, 0.6) is 17.2 Å². The normalized spacial score (nSPS) is 10.7. The lowest BCUT2D eigenvalue weighted by Gasteiger charge is -2.12. The maximum atomic E-state index is 5.48. The molecule has 0 aliphatic carbocycles. The van der Waals surface area contributed by atoms with Gasteiger partial charge in [-0.1, -0.05) is 42.1 Å². The van der Waals surface area contributed by atoms with Crippen molar-refractivity contribution in [2.45, 2.75) is 10.9 Å². The Morgan fingerprint density at radius 3 is 2.19 bits per heavy atom. The van der Waals surface area contributed by atoms with Crippen molar-refractivity contribution in [2.75, 3.05) is 21.3 Å². The molecule has 0 bridgehead atoms. The summed E-state index contributed by atoms with van der Waals surface area (Å²) in [6, 6.07) is 23.9. The molecule has 0 aliphatic heterocycles. The van der Waals surface area contributed by atoms with Crippen molar-refractivity contribution in [3.63, 3.8) is 0 Å². The number of nitrogens with zero attached hydrogens (tertiary/aromatic N) is 3. The minimum Gasteiger partial charge on any atom is -0.497 e. The van der Waals surface area contributed by atoms with Gasteiger partial charge in [0.05, 0.1) is 21.3 Å². The molecule has 4 aromatic rings. The minimum atomic E-state index is 0.648. The van der Waals surface area contributed by atoms with Crippen LogP contribution in [0, 0.1) is 0 Å². The molecule has 4 rings (SSSR count). The second kappa shape index (κ2) is 9.57. The fraction of sp³-hybridized carbons (Fsp3) is 0.167. The highest BCUT2D eigenvalue weighted by Gasteiger charge is 2.18. The van der Waals surface area contributed by atoms with Crippen LogP contribution in [0.15, 0.2) is 78.0 Å². The number of aromatic nitrogens is 3. The summed E-state index contributed by atoms with van der Waals surface area (Å²) in [5.41, 5.74) is 3.07. The first kappa shape index (κ1) is 20.8. The van der Waals surface area contributed by atoms with E-state index in [0.717, 1.165) is 33.7 Å². The molecule has 0 saturated heterocycles. The largest absolute Gasteiger partial charge is 0.497 e. The van der Waals surface area contributed by atoms with Gasteiger partial charge in [-0.2, -0.15) is 0 Å². The third-order valence-electron chi connectivity index (χ3n) is 4.82. The van der Waals surface area contributed by atoms with Crippen LogP contribution >= 0.6 is 11.8 Å². The standard InChI is InChI=1S/C24H23N3O3S/c1-28-20-12-9-17(10-13-20)16-31-24-26-25-23(27(24)19-7-5-4-6-8-19)18-11-14-21(29-2)22(15-18)30-3/h4-15H,16H2,1-3H3. The molecule has 0 amide bonds. The molecule has 0 N–H and O–H groups in total. The summed E-state index contributed by atoms with van der Waals surface area (Å²) >= 11 is 1.63. The van der Waals surface area contributed by atoms with Crippen LogP contribution in [0.1, 0.15) is 5.56 Å². The van der Waals surface area contributed by atoms with Gasteiger partial charge in [0.2, 0.25) is 0 Å². The third kappa shape index (κ3) is 4.51. The van der Waals surface area contributed by atoms with Crippen LogP contribution in [0.25, 0.3) is 17.1 Å². The number of ether oxygens (including phenoxy) is 3. The molecule has 0 spiro atoms. The summed E-state index contributed by atoms with van der Waals surface area (Å²) in [4.78, 5) is 0. The summed E-state index contributed by atoms with van der Waals surface area (Å²) in [7, 11) is 4.92. The molecule has 0 fully saturated rings. The Hall–Kier alpha value is -3.45. The van der Waals surface area contributed by atoms with Crippen LogP contribution in [0.3, 0.4) is 0 Å². The highest BCUT2D eigenvalue weighted by molar-refractivity contribution is 7.98. The van der Waals surface area contributed by atoms with Crippen LogP contribution < -0.4 is 14.2 Å². The van der Waals surface area contributed by atoms with E-state index >= 15 is 0 Å². The SMILES string of the molecule is COc1ccc(CSc2nnc(-c3ccc(OC)c(OC)c3)n2-c2ccccc2)cc1. The van der Waals surface area contributed by atoms with E-state index in [4.69, 9.17) is 14.2 Å². The van der Waals surface area contributed by atoms with Gasteiger partial charge in [0.1, 0.15) is 5.75 Å². The zero-order valence-corrected chi connectivity index (χ0v) is 18.4. The van der Waals surface area contributed by atoms with E-state index in [0.29, 0.717) is 11.5 Å². The quantitative estimate of drug-likeness (QED) is 0.354. The molecule has 0 atom stereocenters. The van der Waals surface area contributed by atoms with Gasteiger partial charge in [-0.15, -0.1) is 10.2 Å². The fourth-order valence-electron chi connectivity index (χ4n) is 3.21. The summed E-state index contributed by atoms with van der Waals surface area (Å²) in [5, 5.41) is 9.82. The van der Waals surface area contributed by atoms with Gasteiger partial charge in [-0.3, -0.25) is 4.57 Å². The Labute approximate surface area is 185 Å². The number of methoxy groups -OCH3 is 3. The highest BCUT2D eigenvalue weighted by Crippen LogP contribution is 2.34. The fourth-order valence-corrected chi connectivity index (χ4v) is 4.11. The van der Waals surface area contributed by atoms with E-state index in [1.165, 1.54) is 5.56 Å². The number of benzene rings is 3. The average molecular weight is 434 g/mol. The van der Waals surface area contributed by atoms with Gasteiger partial charge in [-0.25, -0.2) is 0 Å². The Morgan fingerprint density at radius 1 is 0.774 bits per heavy atom. The first-order valence-electron chi connectivity index (χ1n) is 9.72. The Kier molecular flexibility index (Phi) is 6.43. The van der Waals surface area contributed by atoms with E-state index in [1.807, 2.05) is 60.7 Å². The lowest BCUT2D eigenvalue weighted by Crippen LogP contribution is -2.00. The summed E-state index contributed by atoms with van der Waals surface area (Å²) in [5.74, 6) is 3.67. The first-order valence-corrected chi connectivity index (χ1v) is 10.7. The Balaban J connectivity index is 1.70. The highest BCUT2D eigenvalue weighted by atomic mass is 32.2. The number of para-hydroxylation sites is 1. The van der Waals surface area contributed by atoms with Crippen LogP contribution in [-0.4, -0.2) is 36.1 Å². The molecule has 6 nitrogen and oxygen atoms in total. The topological polar surface area (TPSA) is 58.4 Å². The van der Waals surface area contributed by atoms with Crippen molar-refractivity contribution in [3.8, 4) is 34.3 Å². The van der Waals surface area contributed by atoms with Crippen molar-refractivity contribution in [2.24, 2.45) is 0 Å². The summed E-state index contributed by atoms with van der Waals surface area (Å²) in [6.45, 7) is 0. The summed E-state index contributed by atoms with van der Waals surface area (Å²) in [6.07, 6.45) is 0. The average Bonchev–Trinajstić information content (AvgIpc) is 3.27. The predicted molar refractivity (Wildman–Crippen MR) is 122 cm³/mol. The molecule has 1 heterocycles. The van der Waals surface area contributed by atoms with Gasteiger partial charge in [0, 0.05) is 17.0 Å². The van der Waals surface area contributed by atoms with E-state index in [2.05, 4.69) is 26.9 Å². The van der Waals surface area contributed by atoms with Crippen molar-refractivity contribution in [3.05, 3.63) is 78.4 Å². The molecule has 0 aliphatic rings. The minimum absolute atomic E-state index is 0.648. The second-order valence-corrected chi connectivity index (χ2v) is 7.63. The van der Waals surface area contributed by atoms with Gasteiger partial charge in [0.25, 0.3) is 0 Å². The zero-order valence-electron chi connectivity index (χ0n) is 17.6. The van der Waals surface area contributed by atoms with Crippen molar-refractivity contribution >= 4 is 11.8 Å². The van der Waals surface area contributed by atoms with E-state index in [-0.39, 0.29) is 0 Å². The molecule has 31 heavy (non-hydrogen) atoms. The first-order chi connectivity index (χ1) is 15.2. The lowest BCUT2D eigenvalue weighted by molar-refractivity contribution is 0.355. The van der Waals surface area contributed by atoms with Gasteiger partial charge in [-0.05, 0) is 48.0 Å². The number of hydrogen-bond donors (Lipinski definition) is 0. The van der Waals surface area contributed by atoms with E-state index in [9.17, 15) is 0 Å². The maximum Gasteiger partial charge on any atom is 0.196 e. The molecule has 158 valence electrons. The number of hydrogen-bond acceptors (Lipinski definition) is 6. The van der Waals surface area contributed by atoms with Crippen molar-refractivity contribution in [1.82, 2.24) is 14.8 Å². The van der Waals surface area contributed by atoms with Crippen molar-refractivity contribution in [1.29, 1.82) is 0 Å². The maximum absolute atomic E-state index is 5.48. The number of thioether (sulfide) groups is 1. The van der Waals surface area contributed by atoms with Gasteiger partial charge in [0.15, 0.2) is 22.5 Å². The molecular formula is C24H23N3O3S. The molecule has 0 radical (unpaired) electrons. The molecule has 0 saturated carbocycles. The van der Waals surface area contributed by atoms with Gasteiger partial charge < -0.3 is 14.2 Å². The predicted octanol–water partition coefficient (Wildman–Crippen LogP) is 5.25. The van der Waals surface area contributed by atoms with Crippen LogP contribution in [-0.2, 0) is 5.75 Å². The molecule has 0 unspecified atom stereocenters. The third-order valence-corrected chi connectivity index (χ3v) is 5.82. The Morgan fingerprint density at radius 2 is 1.52 bits per heavy atom. The molecule has 3 aromatic carbocycles. The van der Waals surface area contributed by atoms with E-state index < -0.39 is 0 Å². The zero-order chi connectivity index (χ0) is 21.6. The Bertz CT molecular complexity index is 1140. The van der Waals surface area contributed by atoms with Gasteiger partial charge >= 0.3 is 0 Å². The lowest BCUT2D eigenvalue weighted by atomic mass is 10.2. The smallest absolute Gasteiger partial charge is 0.196 e. The van der Waals surface area contributed by atoms with Crippen LogP contribution in [0.4, 0.5) is 0 Å². The van der Waals surface area contributed by atoms with Crippen LogP contribution in [0.2, 0.25) is 0 Å². The van der Waals surface area contributed by atoms with E-state index in [1.54, 1.807) is 33.1 Å². The van der Waals surface area contributed by atoms with Crippen molar-refractivity contribution < 1.29 is 14.2 Å². The molecule has 7 heteroatoms. The molecular weight excluding hydrogens is 410 g/mol. The number of rotatable bonds is 8. The summed E-state index contributed by atoms with van der Waals surface area (Å²) < 4.78 is 18.2. The second-order valence-electron chi connectivity index (χ2n) is 6.68. The molecule has 1 aromatic heterocycles.